The molecule has 0 aromatic heterocycles. The van der Waals surface area contributed by atoms with E-state index in [2.05, 4.69) is 0 Å². The second kappa shape index (κ2) is 16.7. The highest BCUT2D eigenvalue weighted by Crippen LogP contribution is 2.32. The Kier molecular flexibility index (Phi) is 12.0. The molecule has 0 saturated carbocycles. The molecule has 10 heteroatoms. The average Bonchev–Trinajstić information content (AvgIpc) is 3.07. The zero-order valence-corrected chi connectivity index (χ0v) is 25.5. The van der Waals surface area contributed by atoms with Crippen molar-refractivity contribution in [1.29, 1.82) is 0 Å². The van der Waals surface area contributed by atoms with E-state index < -0.39 is 41.6 Å². The summed E-state index contributed by atoms with van der Waals surface area (Å²) in [6.45, 7) is 2.30. The third-order valence-electron chi connectivity index (χ3n) is 7.43. The molecule has 5 atom stereocenters. The smallest absolute Gasteiger partial charge is 0.305 e. The maximum atomic E-state index is 12.3. The highest BCUT2D eigenvalue weighted by Gasteiger charge is 2.50. The van der Waals surface area contributed by atoms with Crippen LogP contribution in [0.3, 0.4) is 0 Å². The van der Waals surface area contributed by atoms with Crippen LogP contribution in [-0.4, -0.2) is 48.2 Å². The average molecular weight is 628 g/mol. The van der Waals surface area contributed by atoms with Crippen molar-refractivity contribution in [2.75, 3.05) is 6.61 Å². The number of ether oxygens (including phenoxy) is 6. The van der Waals surface area contributed by atoms with Crippen molar-refractivity contribution >= 4 is 11.7 Å². The van der Waals surface area contributed by atoms with Gasteiger partial charge in [0, 0.05) is 19.1 Å². The molecule has 4 aromatic rings. The normalized spacial score (nSPS) is 21.0. The summed E-state index contributed by atoms with van der Waals surface area (Å²) < 4.78 is 37.6. The van der Waals surface area contributed by atoms with E-state index in [-0.39, 0.29) is 38.7 Å². The molecule has 0 spiro atoms. The van der Waals surface area contributed by atoms with Crippen LogP contribution in [0.15, 0.2) is 115 Å². The van der Waals surface area contributed by atoms with E-state index in [0.717, 1.165) is 22.3 Å². The molecular weight excluding hydrogens is 590 g/mol. The van der Waals surface area contributed by atoms with E-state index in [0.29, 0.717) is 0 Å². The van der Waals surface area contributed by atoms with Gasteiger partial charge in [-0.25, -0.2) is 0 Å². The minimum absolute atomic E-state index is 0.00193. The van der Waals surface area contributed by atoms with Crippen LogP contribution >= 0.6 is 0 Å². The summed E-state index contributed by atoms with van der Waals surface area (Å²) in [7, 11) is 0. The minimum atomic E-state index is -1.11. The predicted molar refractivity (Wildman–Crippen MR) is 168 cm³/mol. The molecule has 0 unspecified atom stereocenters. The molecule has 46 heavy (non-hydrogen) atoms. The largest absolute Gasteiger partial charge is 0.433 e. The van der Waals surface area contributed by atoms with Crippen LogP contribution in [-0.2, 0) is 59.6 Å². The van der Waals surface area contributed by atoms with E-state index >= 15 is 0 Å². The summed E-state index contributed by atoms with van der Waals surface area (Å²) in [4.78, 5) is 22.9. The molecule has 4 aromatic carbocycles. The van der Waals surface area contributed by atoms with Crippen molar-refractivity contribution in [3.05, 3.63) is 148 Å². The van der Waals surface area contributed by atoms with E-state index in [1.165, 1.54) is 19.1 Å². The topological polar surface area (TPSA) is 116 Å². The zero-order chi connectivity index (χ0) is 32.1. The van der Waals surface area contributed by atoms with Crippen LogP contribution in [0.25, 0.3) is 0 Å². The van der Waals surface area contributed by atoms with Crippen LogP contribution in [0.5, 0.6) is 0 Å². The second-order valence-corrected chi connectivity index (χ2v) is 10.9. The maximum Gasteiger partial charge on any atom is 0.305 e. The second-order valence-electron chi connectivity index (χ2n) is 10.9. The molecule has 5 rings (SSSR count). The molecule has 1 saturated heterocycles. The number of carbonyl (C=O) groups is 1. The fourth-order valence-corrected chi connectivity index (χ4v) is 5.15. The predicted octanol–water partition coefficient (Wildman–Crippen LogP) is 6.16. The lowest BCUT2D eigenvalue weighted by molar-refractivity contribution is -0.384. The number of hydrogen-bond acceptors (Lipinski definition) is 9. The Morgan fingerprint density at radius 2 is 1.11 bits per heavy atom. The Morgan fingerprint density at radius 3 is 1.59 bits per heavy atom. The van der Waals surface area contributed by atoms with E-state index in [9.17, 15) is 14.9 Å². The van der Waals surface area contributed by atoms with Crippen molar-refractivity contribution in [2.24, 2.45) is 0 Å². The van der Waals surface area contributed by atoms with E-state index in [1.807, 2.05) is 91.0 Å². The Labute approximate surface area is 267 Å². The van der Waals surface area contributed by atoms with Gasteiger partial charge in [-0.05, 0) is 34.4 Å². The molecular formula is C36H37NO9. The summed E-state index contributed by atoms with van der Waals surface area (Å²) in [6.07, 6.45) is -4.07. The lowest BCUT2D eigenvalue weighted by atomic mass is 9.97. The number of benzene rings is 4. The van der Waals surface area contributed by atoms with E-state index in [4.69, 9.17) is 28.4 Å². The summed E-state index contributed by atoms with van der Waals surface area (Å²) in [5.74, 6) is -0.533. The van der Waals surface area contributed by atoms with Gasteiger partial charge in [0.05, 0.1) is 38.0 Å². The van der Waals surface area contributed by atoms with Gasteiger partial charge in [-0.3, -0.25) is 14.9 Å². The van der Waals surface area contributed by atoms with Crippen molar-refractivity contribution in [3.8, 4) is 0 Å². The third kappa shape index (κ3) is 9.53. The van der Waals surface area contributed by atoms with Gasteiger partial charge in [0.2, 0.25) is 6.29 Å². The number of nitro benzene ring substituents is 1. The van der Waals surface area contributed by atoms with Gasteiger partial charge in [-0.2, -0.15) is 0 Å². The van der Waals surface area contributed by atoms with Gasteiger partial charge in [-0.1, -0.05) is 91.0 Å². The lowest BCUT2D eigenvalue weighted by Gasteiger charge is -2.45. The standard InChI is InChI=1S/C36H37NO9/c1-26(38)45-36-35(44-24-29-15-9-4-10-16-29)34(43-23-28-13-7-3-8-14-28)33(42-22-27-11-5-2-6-12-27)32(46-36)25-41-21-30-17-19-31(20-18-30)37(39)40/h2-20,32-36H,21-25H2,1H3/t32-,33-,34+,35+,36-/m1/s1. The number of carbonyl (C=O) groups excluding carboxylic acids is 1. The minimum Gasteiger partial charge on any atom is -0.433 e. The Morgan fingerprint density at radius 1 is 0.652 bits per heavy atom. The molecule has 0 radical (unpaired) electrons. The van der Waals surface area contributed by atoms with Crippen molar-refractivity contribution in [1.82, 2.24) is 0 Å². The summed E-state index contributed by atoms with van der Waals surface area (Å²) in [5, 5.41) is 11.1. The quantitative estimate of drug-likeness (QED) is 0.0869. The molecule has 240 valence electrons. The summed E-state index contributed by atoms with van der Waals surface area (Å²) >= 11 is 0. The van der Waals surface area contributed by atoms with Crippen LogP contribution in [0.1, 0.15) is 29.2 Å². The number of non-ortho nitro benzene ring substituents is 1. The number of rotatable bonds is 15. The number of nitrogens with zero attached hydrogens (tertiary/aromatic N) is 1. The first-order valence-corrected chi connectivity index (χ1v) is 15.1. The fourth-order valence-electron chi connectivity index (χ4n) is 5.15. The highest BCUT2D eigenvalue weighted by atomic mass is 16.7. The van der Waals surface area contributed by atoms with Gasteiger partial charge in [0.1, 0.15) is 24.4 Å². The van der Waals surface area contributed by atoms with Crippen LogP contribution < -0.4 is 0 Å². The third-order valence-corrected chi connectivity index (χ3v) is 7.43. The first-order valence-electron chi connectivity index (χ1n) is 15.1. The van der Waals surface area contributed by atoms with Crippen LogP contribution in [0, 0.1) is 10.1 Å². The molecule has 1 aliphatic rings. The van der Waals surface area contributed by atoms with Gasteiger partial charge < -0.3 is 28.4 Å². The lowest BCUT2D eigenvalue weighted by Crippen LogP contribution is -2.62. The fraction of sp³-hybridized carbons (Fsp3) is 0.306. The van der Waals surface area contributed by atoms with Crippen LogP contribution in [0.2, 0.25) is 0 Å². The first-order chi connectivity index (χ1) is 22.5. The molecule has 1 fully saturated rings. The Hall–Kier alpha value is -4.45. The molecule has 10 nitrogen and oxygen atoms in total. The van der Waals surface area contributed by atoms with Crippen molar-refractivity contribution in [2.45, 2.75) is 64.1 Å². The molecule has 1 aliphatic heterocycles. The number of esters is 1. The molecule has 0 N–H and O–H groups in total. The van der Waals surface area contributed by atoms with Crippen LogP contribution in [0.4, 0.5) is 5.69 Å². The SMILES string of the molecule is CC(=O)O[C@@H]1O[C@H](COCc2ccc([N+](=O)[O-])cc2)[C@@H](OCc2ccccc2)[C@H](OCc2ccccc2)[C@@H]1OCc1ccccc1. The number of hydrogen-bond donors (Lipinski definition) is 0. The molecule has 0 bridgehead atoms. The van der Waals surface area contributed by atoms with Crippen molar-refractivity contribution < 1.29 is 38.1 Å². The Bertz CT molecular complexity index is 1500. The number of nitro groups is 1. The van der Waals surface area contributed by atoms with E-state index in [1.54, 1.807) is 12.1 Å². The summed E-state index contributed by atoms with van der Waals surface area (Å²) in [5.41, 5.74) is 3.59. The van der Waals surface area contributed by atoms with Gasteiger partial charge in [-0.15, -0.1) is 0 Å². The monoisotopic (exact) mass is 627 g/mol. The Balaban J connectivity index is 1.41. The van der Waals surface area contributed by atoms with Gasteiger partial charge in [0.25, 0.3) is 5.69 Å². The maximum absolute atomic E-state index is 12.3. The summed E-state index contributed by atoms with van der Waals surface area (Å²) in [6, 6.07) is 35.3. The molecule has 0 aliphatic carbocycles. The molecule has 1 heterocycles. The van der Waals surface area contributed by atoms with Gasteiger partial charge in [0.15, 0.2) is 0 Å². The van der Waals surface area contributed by atoms with Gasteiger partial charge >= 0.3 is 5.97 Å². The first kappa shape index (κ1) is 32.9. The zero-order valence-electron chi connectivity index (χ0n) is 25.5. The highest BCUT2D eigenvalue weighted by molar-refractivity contribution is 5.66. The molecule has 0 amide bonds. The van der Waals surface area contributed by atoms with Crippen molar-refractivity contribution in [3.63, 3.8) is 0 Å².